The molecule has 17 heavy (non-hydrogen) atoms. The first-order valence-electron chi connectivity index (χ1n) is 5.73. The summed E-state index contributed by atoms with van der Waals surface area (Å²) in [4.78, 5) is 12.4. The fourth-order valence-corrected chi connectivity index (χ4v) is 2.23. The Bertz CT molecular complexity index is 393. The minimum Gasteiger partial charge on any atom is -0.352 e. The van der Waals surface area contributed by atoms with E-state index >= 15 is 0 Å². The van der Waals surface area contributed by atoms with Crippen LogP contribution in [0.15, 0.2) is 22.7 Å². The summed E-state index contributed by atoms with van der Waals surface area (Å²) < 4.78 is 0.998. The second-order valence-electron chi connectivity index (χ2n) is 4.01. The molecule has 1 aromatic rings. The minimum atomic E-state index is 0.00537. The van der Waals surface area contributed by atoms with Crippen molar-refractivity contribution in [1.82, 2.24) is 5.32 Å². The quantitative estimate of drug-likeness (QED) is 0.786. The molecule has 0 bridgehead atoms. The van der Waals surface area contributed by atoms with Gasteiger partial charge in [0.15, 0.2) is 0 Å². The van der Waals surface area contributed by atoms with Crippen molar-refractivity contribution in [2.24, 2.45) is 0 Å². The molecule has 0 aliphatic heterocycles. The largest absolute Gasteiger partial charge is 0.352 e. The highest BCUT2D eigenvalue weighted by Gasteiger charge is 2.09. The maximum atomic E-state index is 11.9. The number of carbonyl (C=O) groups is 1. The molecule has 0 aromatic heterocycles. The summed E-state index contributed by atoms with van der Waals surface area (Å²) in [5, 5.41) is 2.94. The van der Waals surface area contributed by atoms with Crippen LogP contribution in [0.5, 0.6) is 0 Å². The third-order valence-electron chi connectivity index (χ3n) is 2.62. The molecule has 0 saturated heterocycles. The van der Waals surface area contributed by atoms with E-state index in [0.29, 0.717) is 11.4 Å². The van der Waals surface area contributed by atoms with E-state index < -0.39 is 0 Å². The maximum Gasteiger partial charge on any atom is 0.251 e. The van der Waals surface area contributed by atoms with Crippen LogP contribution in [0.2, 0.25) is 0 Å². The Balaban J connectivity index is 2.52. The monoisotopic (exact) mass is 361 g/mol. The highest BCUT2D eigenvalue weighted by atomic mass is 79.9. The summed E-state index contributed by atoms with van der Waals surface area (Å²) in [7, 11) is 0. The topological polar surface area (TPSA) is 29.1 Å². The molecule has 0 fully saturated rings. The smallest absolute Gasteiger partial charge is 0.251 e. The second-order valence-corrected chi connectivity index (χ2v) is 6.22. The molecule has 0 spiro atoms. The molecule has 0 aliphatic carbocycles. The van der Waals surface area contributed by atoms with E-state index in [1.54, 1.807) is 0 Å². The number of halogens is 2. The molecule has 1 unspecified atom stereocenters. The van der Waals surface area contributed by atoms with Crippen molar-refractivity contribution < 1.29 is 4.79 Å². The molecule has 0 radical (unpaired) electrons. The van der Waals surface area contributed by atoms with Crippen LogP contribution in [0.25, 0.3) is 0 Å². The summed E-state index contributed by atoms with van der Waals surface area (Å²) in [5.41, 5.74) is 1.73. The predicted octanol–water partition coefficient (Wildman–Crippen LogP) is 4.05. The van der Waals surface area contributed by atoms with Crippen LogP contribution < -0.4 is 5.32 Å². The van der Waals surface area contributed by atoms with Crippen molar-refractivity contribution in [2.45, 2.75) is 31.5 Å². The molecule has 1 amide bonds. The third-order valence-corrected chi connectivity index (χ3v) is 4.22. The molecule has 1 aromatic carbocycles. The standard InChI is InChI=1S/C13H17Br2NO/c1-3-10(14)6-7-16-13(17)12-5-4-11(15)8-9(12)2/h4-5,8,10H,3,6-7H2,1-2H3,(H,16,17). The van der Waals surface area contributed by atoms with E-state index in [4.69, 9.17) is 0 Å². The van der Waals surface area contributed by atoms with Gasteiger partial charge in [-0.1, -0.05) is 38.8 Å². The summed E-state index contributed by atoms with van der Waals surface area (Å²) >= 11 is 6.94. The average Bonchev–Trinajstić information content (AvgIpc) is 2.28. The second kappa shape index (κ2) is 7.17. The van der Waals surface area contributed by atoms with Crippen LogP contribution >= 0.6 is 31.9 Å². The third kappa shape index (κ3) is 4.80. The molecular formula is C13H17Br2NO. The minimum absolute atomic E-state index is 0.00537. The van der Waals surface area contributed by atoms with E-state index in [9.17, 15) is 4.79 Å². The molecule has 1 rings (SSSR count). The van der Waals surface area contributed by atoms with E-state index in [0.717, 1.165) is 28.4 Å². The number of carbonyl (C=O) groups excluding carboxylic acids is 1. The number of amides is 1. The number of hydrogen-bond donors (Lipinski definition) is 1. The Labute approximate surface area is 119 Å². The molecule has 1 atom stereocenters. The lowest BCUT2D eigenvalue weighted by molar-refractivity contribution is 0.0952. The number of aryl methyl sites for hydroxylation is 1. The van der Waals surface area contributed by atoms with E-state index in [2.05, 4.69) is 44.1 Å². The number of benzene rings is 1. The molecule has 2 nitrogen and oxygen atoms in total. The van der Waals surface area contributed by atoms with Crippen molar-refractivity contribution in [3.63, 3.8) is 0 Å². The van der Waals surface area contributed by atoms with Crippen LogP contribution in [-0.4, -0.2) is 17.3 Å². The lowest BCUT2D eigenvalue weighted by Gasteiger charge is -2.10. The van der Waals surface area contributed by atoms with Crippen LogP contribution in [0.1, 0.15) is 35.7 Å². The summed E-state index contributed by atoms with van der Waals surface area (Å²) in [6, 6.07) is 5.69. The van der Waals surface area contributed by atoms with Gasteiger partial charge in [-0.3, -0.25) is 4.79 Å². The van der Waals surface area contributed by atoms with Gasteiger partial charge < -0.3 is 5.32 Å². The van der Waals surface area contributed by atoms with Crippen molar-refractivity contribution in [2.75, 3.05) is 6.54 Å². The molecule has 4 heteroatoms. The Morgan fingerprint density at radius 3 is 2.76 bits per heavy atom. The van der Waals surface area contributed by atoms with Gasteiger partial charge in [-0.2, -0.15) is 0 Å². The Morgan fingerprint density at radius 2 is 2.18 bits per heavy atom. The highest BCUT2D eigenvalue weighted by molar-refractivity contribution is 9.10. The number of alkyl halides is 1. The zero-order valence-corrected chi connectivity index (χ0v) is 13.3. The van der Waals surface area contributed by atoms with Crippen molar-refractivity contribution in [1.29, 1.82) is 0 Å². The highest BCUT2D eigenvalue weighted by Crippen LogP contribution is 2.16. The van der Waals surface area contributed by atoms with E-state index in [-0.39, 0.29) is 5.91 Å². The summed E-state index contributed by atoms with van der Waals surface area (Å²) in [6.45, 7) is 4.78. The van der Waals surface area contributed by atoms with Gasteiger partial charge in [-0.05, 0) is 43.5 Å². The van der Waals surface area contributed by atoms with Crippen LogP contribution in [0.4, 0.5) is 0 Å². The zero-order chi connectivity index (χ0) is 12.8. The van der Waals surface area contributed by atoms with Gasteiger partial charge in [-0.25, -0.2) is 0 Å². The molecule has 0 aliphatic rings. The normalized spacial score (nSPS) is 12.2. The first-order chi connectivity index (χ1) is 8.04. The van der Waals surface area contributed by atoms with Gasteiger partial charge in [0, 0.05) is 21.4 Å². The van der Waals surface area contributed by atoms with Gasteiger partial charge in [0.2, 0.25) is 0 Å². The van der Waals surface area contributed by atoms with Crippen LogP contribution in [0.3, 0.4) is 0 Å². The lowest BCUT2D eigenvalue weighted by atomic mass is 10.1. The van der Waals surface area contributed by atoms with Crippen molar-refractivity contribution in [3.8, 4) is 0 Å². The fraction of sp³-hybridized carbons (Fsp3) is 0.462. The SMILES string of the molecule is CCC(Br)CCNC(=O)c1ccc(Br)cc1C. The first-order valence-corrected chi connectivity index (χ1v) is 7.44. The molecular weight excluding hydrogens is 346 g/mol. The van der Waals surface area contributed by atoms with Gasteiger partial charge in [0.1, 0.15) is 0 Å². The molecule has 1 N–H and O–H groups in total. The van der Waals surface area contributed by atoms with E-state index in [1.165, 1.54) is 0 Å². The number of hydrogen-bond acceptors (Lipinski definition) is 1. The molecule has 0 saturated carbocycles. The lowest BCUT2D eigenvalue weighted by Crippen LogP contribution is -2.26. The average molecular weight is 363 g/mol. The van der Waals surface area contributed by atoms with Crippen LogP contribution in [-0.2, 0) is 0 Å². The zero-order valence-electron chi connectivity index (χ0n) is 10.1. The van der Waals surface area contributed by atoms with Crippen LogP contribution in [0, 0.1) is 6.92 Å². The maximum absolute atomic E-state index is 11.9. The van der Waals surface area contributed by atoms with Gasteiger partial charge in [0.25, 0.3) is 5.91 Å². The van der Waals surface area contributed by atoms with Crippen molar-refractivity contribution >= 4 is 37.8 Å². The Kier molecular flexibility index (Phi) is 6.20. The van der Waals surface area contributed by atoms with Gasteiger partial charge >= 0.3 is 0 Å². The number of nitrogens with one attached hydrogen (secondary N) is 1. The Morgan fingerprint density at radius 1 is 1.47 bits per heavy atom. The van der Waals surface area contributed by atoms with Gasteiger partial charge in [-0.15, -0.1) is 0 Å². The van der Waals surface area contributed by atoms with Gasteiger partial charge in [0.05, 0.1) is 0 Å². The first kappa shape index (κ1) is 14.7. The predicted molar refractivity (Wildman–Crippen MR) is 78.8 cm³/mol. The summed E-state index contributed by atoms with van der Waals surface area (Å²) in [5.74, 6) is 0.00537. The molecule has 94 valence electrons. The van der Waals surface area contributed by atoms with E-state index in [1.807, 2.05) is 25.1 Å². The van der Waals surface area contributed by atoms with Crippen molar-refractivity contribution in [3.05, 3.63) is 33.8 Å². The summed E-state index contributed by atoms with van der Waals surface area (Å²) in [6.07, 6.45) is 2.03. The molecule has 0 heterocycles. The Hall–Kier alpha value is -0.350. The fourth-order valence-electron chi connectivity index (χ4n) is 1.52. The number of rotatable bonds is 5.